The lowest BCUT2D eigenvalue weighted by Gasteiger charge is -2.09. The first kappa shape index (κ1) is 15.9. The van der Waals surface area contributed by atoms with Crippen molar-refractivity contribution < 1.29 is 9.21 Å². The summed E-state index contributed by atoms with van der Waals surface area (Å²) in [5.41, 5.74) is 3.17. The highest BCUT2D eigenvalue weighted by Gasteiger charge is 2.26. The predicted molar refractivity (Wildman–Crippen MR) is 96.6 cm³/mol. The third-order valence-electron chi connectivity index (χ3n) is 4.13. The highest BCUT2D eigenvalue weighted by Crippen LogP contribution is 2.31. The second-order valence-electron chi connectivity index (χ2n) is 5.92. The van der Waals surface area contributed by atoms with Crippen LogP contribution >= 0.6 is 11.8 Å². The Kier molecular flexibility index (Phi) is 4.52. The highest BCUT2D eigenvalue weighted by molar-refractivity contribution is 8.00. The van der Waals surface area contributed by atoms with Crippen LogP contribution in [0.5, 0.6) is 0 Å². The maximum Gasteiger partial charge on any atom is 0.277 e. The van der Waals surface area contributed by atoms with E-state index in [1.807, 2.05) is 54.6 Å². The number of para-hydroxylation sites is 1. The molecular weight excluding hydrogens is 334 g/mol. The molecule has 0 bridgehead atoms. The maximum absolute atomic E-state index is 12.5. The number of carbonyl (C=O) groups excluding carboxylic acids is 1. The summed E-state index contributed by atoms with van der Waals surface area (Å²) in [6.45, 7) is 0. The molecule has 5 nitrogen and oxygen atoms in total. The van der Waals surface area contributed by atoms with Gasteiger partial charge in [0.25, 0.3) is 5.22 Å². The van der Waals surface area contributed by atoms with Crippen LogP contribution in [0.3, 0.4) is 0 Å². The number of thioether (sulfide) groups is 1. The Morgan fingerprint density at radius 2 is 1.88 bits per heavy atom. The van der Waals surface area contributed by atoms with Crippen LogP contribution < -0.4 is 5.32 Å². The Bertz CT molecular complexity index is 879. The quantitative estimate of drug-likeness (QED) is 0.776. The molecule has 0 aliphatic carbocycles. The molecule has 1 atom stereocenters. The van der Waals surface area contributed by atoms with Crippen molar-refractivity contribution in [3.63, 3.8) is 0 Å². The number of nitrogens with one attached hydrogen (secondary N) is 1. The molecule has 0 saturated heterocycles. The van der Waals surface area contributed by atoms with Gasteiger partial charge in [0, 0.05) is 5.69 Å². The summed E-state index contributed by atoms with van der Waals surface area (Å²) in [6, 6.07) is 17.9. The average molecular weight is 351 g/mol. The van der Waals surface area contributed by atoms with Gasteiger partial charge in [-0.25, -0.2) is 0 Å². The van der Waals surface area contributed by atoms with Gasteiger partial charge in [-0.3, -0.25) is 4.79 Å². The van der Waals surface area contributed by atoms with Gasteiger partial charge in [-0.15, -0.1) is 10.2 Å². The zero-order chi connectivity index (χ0) is 17.1. The number of hydrogen-bond donors (Lipinski definition) is 1. The summed E-state index contributed by atoms with van der Waals surface area (Å²) in [6.07, 6.45) is 2.18. The zero-order valence-electron chi connectivity index (χ0n) is 13.5. The van der Waals surface area contributed by atoms with Gasteiger partial charge in [-0.1, -0.05) is 60.3 Å². The number of rotatable bonds is 4. The lowest BCUT2D eigenvalue weighted by molar-refractivity contribution is -0.115. The number of aryl methyl sites for hydroxylation is 1. The minimum atomic E-state index is -0.238. The number of aromatic nitrogens is 2. The molecule has 25 heavy (non-hydrogen) atoms. The van der Waals surface area contributed by atoms with Gasteiger partial charge >= 0.3 is 0 Å². The second kappa shape index (κ2) is 7.11. The van der Waals surface area contributed by atoms with E-state index in [0.717, 1.165) is 29.7 Å². The average Bonchev–Trinajstić information content (AvgIpc) is 3.00. The summed E-state index contributed by atoms with van der Waals surface area (Å²) in [4.78, 5) is 12.5. The van der Waals surface area contributed by atoms with Gasteiger partial charge in [-0.2, -0.15) is 0 Å². The van der Waals surface area contributed by atoms with Crippen molar-refractivity contribution >= 4 is 23.4 Å². The Hall–Kier alpha value is -2.60. The van der Waals surface area contributed by atoms with Crippen LogP contribution in [0.25, 0.3) is 0 Å². The monoisotopic (exact) mass is 351 g/mol. The van der Waals surface area contributed by atoms with E-state index in [2.05, 4.69) is 15.5 Å². The zero-order valence-corrected chi connectivity index (χ0v) is 14.3. The van der Waals surface area contributed by atoms with Gasteiger partial charge in [0.05, 0.1) is 11.7 Å². The van der Waals surface area contributed by atoms with Crippen molar-refractivity contribution in [2.24, 2.45) is 0 Å². The number of hydrogen-bond acceptors (Lipinski definition) is 5. The van der Waals surface area contributed by atoms with Crippen LogP contribution in [-0.4, -0.2) is 21.4 Å². The van der Waals surface area contributed by atoms with Crippen LogP contribution in [0.15, 0.2) is 64.2 Å². The standard InChI is InChI=1S/C19H17N3O2S/c23-18-16(11-10-14-8-4-5-9-15(14)20-18)25-19-22-21-17(24-19)12-13-6-2-1-3-7-13/h1-9,16H,10-12H2,(H,20,23)/t16-/m1/s1. The van der Waals surface area contributed by atoms with Crippen molar-refractivity contribution in [3.8, 4) is 0 Å². The van der Waals surface area contributed by atoms with Crippen molar-refractivity contribution in [3.05, 3.63) is 71.6 Å². The number of anilines is 1. The van der Waals surface area contributed by atoms with Crippen LogP contribution in [0, 0.1) is 0 Å². The topological polar surface area (TPSA) is 68.0 Å². The summed E-state index contributed by atoms with van der Waals surface area (Å²) in [5.74, 6) is 0.545. The molecule has 6 heteroatoms. The molecular formula is C19H17N3O2S. The third kappa shape index (κ3) is 3.74. The molecule has 0 radical (unpaired) electrons. The first-order valence-corrected chi connectivity index (χ1v) is 9.07. The SMILES string of the molecule is O=C1Nc2ccccc2CC[C@H]1Sc1nnc(Cc2ccccc2)o1. The molecule has 1 aliphatic heterocycles. The van der Waals surface area contributed by atoms with Crippen LogP contribution in [0.1, 0.15) is 23.4 Å². The number of carbonyl (C=O) groups is 1. The molecule has 0 spiro atoms. The molecule has 1 aliphatic rings. The highest BCUT2D eigenvalue weighted by atomic mass is 32.2. The molecule has 1 N–H and O–H groups in total. The Labute approximate surface area is 149 Å². The van der Waals surface area contributed by atoms with Crippen LogP contribution in [-0.2, 0) is 17.6 Å². The van der Waals surface area contributed by atoms with Crippen molar-refractivity contribution in [2.75, 3.05) is 5.32 Å². The van der Waals surface area contributed by atoms with Crippen molar-refractivity contribution in [2.45, 2.75) is 29.7 Å². The molecule has 126 valence electrons. The van der Waals surface area contributed by atoms with E-state index in [4.69, 9.17) is 4.42 Å². The predicted octanol–water partition coefficient (Wildman–Crippen LogP) is 3.71. The van der Waals surface area contributed by atoms with Gasteiger partial charge < -0.3 is 9.73 Å². The molecule has 1 aromatic heterocycles. The first-order chi connectivity index (χ1) is 12.3. The largest absolute Gasteiger partial charge is 0.416 e. The minimum absolute atomic E-state index is 0.0160. The Balaban J connectivity index is 1.43. The normalized spacial score (nSPS) is 16.8. The Morgan fingerprint density at radius 1 is 1.08 bits per heavy atom. The second-order valence-corrected chi connectivity index (χ2v) is 7.07. The van der Waals surface area contributed by atoms with Gasteiger partial charge in [0.15, 0.2) is 0 Å². The van der Waals surface area contributed by atoms with Gasteiger partial charge in [0.1, 0.15) is 0 Å². The van der Waals surface area contributed by atoms with E-state index in [-0.39, 0.29) is 11.2 Å². The molecule has 0 unspecified atom stereocenters. The van der Waals surface area contributed by atoms with Crippen LogP contribution in [0.2, 0.25) is 0 Å². The summed E-state index contributed by atoms with van der Waals surface area (Å²) < 4.78 is 5.72. The van der Waals surface area contributed by atoms with Crippen molar-refractivity contribution in [1.82, 2.24) is 10.2 Å². The number of fused-ring (bicyclic) bond motifs is 1. The van der Waals surface area contributed by atoms with E-state index >= 15 is 0 Å². The lowest BCUT2D eigenvalue weighted by atomic mass is 10.1. The lowest BCUT2D eigenvalue weighted by Crippen LogP contribution is -2.23. The number of amides is 1. The van der Waals surface area contributed by atoms with Gasteiger partial charge in [0.2, 0.25) is 11.8 Å². The van der Waals surface area contributed by atoms with Crippen molar-refractivity contribution in [1.29, 1.82) is 0 Å². The first-order valence-electron chi connectivity index (χ1n) is 8.20. The fraction of sp³-hybridized carbons (Fsp3) is 0.211. The molecule has 2 heterocycles. The molecule has 0 fully saturated rings. The Morgan fingerprint density at radius 3 is 2.76 bits per heavy atom. The number of nitrogens with zero attached hydrogens (tertiary/aromatic N) is 2. The van der Waals surface area contributed by atoms with Gasteiger partial charge in [-0.05, 0) is 30.0 Å². The fourth-order valence-corrected chi connectivity index (χ4v) is 3.73. The van der Waals surface area contributed by atoms with E-state index < -0.39 is 0 Å². The van der Waals surface area contributed by atoms with Crippen LogP contribution in [0.4, 0.5) is 5.69 Å². The smallest absolute Gasteiger partial charge is 0.277 e. The molecule has 0 saturated carbocycles. The number of benzene rings is 2. The van der Waals surface area contributed by atoms with E-state index in [9.17, 15) is 4.79 Å². The van der Waals surface area contributed by atoms with E-state index in [1.54, 1.807) is 0 Å². The molecule has 3 aromatic rings. The van der Waals surface area contributed by atoms with E-state index in [0.29, 0.717) is 17.5 Å². The summed E-state index contributed by atoms with van der Waals surface area (Å²) in [7, 11) is 0. The van der Waals surface area contributed by atoms with E-state index in [1.165, 1.54) is 11.8 Å². The maximum atomic E-state index is 12.5. The fourth-order valence-electron chi connectivity index (χ4n) is 2.85. The molecule has 2 aromatic carbocycles. The molecule has 1 amide bonds. The molecule has 4 rings (SSSR count). The third-order valence-corrected chi connectivity index (χ3v) is 5.23. The summed E-state index contributed by atoms with van der Waals surface area (Å²) >= 11 is 1.34. The summed E-state index contributed by atoms with van der Waals surface area (Å²) in [5, 5.41) is 11.4. The minimum Gasteiger partial charge on any atom is -0.416 e.